The predicted molar refractivity (Wildman–Crippen MR) is 174 cm³/mol. The van der Waals surface area contributed by atoms with Crippen molar-refractivity contribution in [2.24, 2.45) is 0 Å². The Morgan fingerprint density at radius 3 is 1.70 bits per heavy atom. The van der Waals surface area contributed by atoms with E-state index >= 15 is 0 Å². The zero-order valence-corrected chi connectivity index (χ0v) is 25.6. The van der Waals surface area contributed by atoms with Gasteiger partial charge >= 0.3 is 23.9 Å². The van der Waals surface area contributed by atoms with Gasteiger partial charge in [0.05, 0.1) is 13.2 Å². The number of aryl methyl sites for hydroxylation is 1. The second-order valence-electron chi connectivity index (χ2n) is 9.83. The highest BCUT2D eigenvalue weighted by atomic mass is 16.5. The molecule has 9 nitrogen and oxygen atoms in total. The van der Waals surface area contributed by atoms with Crippen LogP contribution in [0.1, 0.15) is 42.4 Å². The molecule has 0 aromatic heterocycles. The van der Waals surface area contributed by atoms with E-state index in [1.165, 1.54) is 18.2 Å². The van der Waals surface area contributed by atoms with Crippen molar-refractivity contribution in [3.05, 3.63) is 121 Å². The molecule has 0 heterocycles. The number of benzene rings is 3. The molecular formula is C37H36O9. The van der Waals surface area contributed by atoms with Crippen molar-refractivity contribution >= 4 is 36.0 Å². The molecule has 0 bridgehead atoms. The van der Waals surface area contributed by atoms with Crippen LogP contribution in [0.4, 0.5) is 0 Å². The Kier molecular flexibility index (Phi) is 14.3. The van der Waals surface area contributed by atoms with E-state index in [1.807, 2.05) is 24.3 Å². The second kappa shape index (κ2) is 18.9. The third kappa shape index (κ3) is 12.9. The number of ether oxygens (including phenoxy) is 5. The minimum absolute atomic E-state index is 0.307. The van der Waals surface area contributed by atoms with Crippen LogP contribution in [0.2, 0.25) is 0 Å². The summed E-state index contributed by atoms with van der Waals surface area (Å²) in [6.07, 6.45) is 11.6. The molecule has 3 aromatic rings. The fraction of sp³-hybridized carbons (Fsp3) is 0.189. The van der Waals surface area contributed by atoms with Gasteiger partial charge in [0.25, 0.3) is 0 Å². The monoisotopic (exact) mass is 624 g/mol. The zero-order chi connectivity index (χ0) is 33.1. The maximum Gasteiger partial charge on any atom is 0.336 e. The summed E-state index contributed by atoms with van der Waals surface area (Å²) in [4.78, 5) is 46.9. The van der Waals surface area contributed by atoms with Gasteiger partial charge in [-0.1, -0.05) is 37.4 Å². The molecule has 0 radical (unpaired) electrons. The highest BCUT2D eigenvalue weighted by molar-refractivity contribution is 5.90. The molecule has 0 spiro atoms. The van der Waals surface area contributed by atoms with Crippen molar-refractivity contribution < 1.29 is 42.9 Å². The Labute approximate surface area is 268 Å². The summed E-state index contributed by atoms with van der Waals surface area (Å²) in [6.45, 7) is 9.41. The third-order valence-corrected chi connectivity index (χ3v) is 6.26. The number of esters is 4. The van der Waals surface area contributed by atoms with Gasteiger partial charge in [-0.25, -0.2) is 19.2 Å². The average molecular weight is 625 g/mol. The van der Waals surface area contributed by atoms with Crippen molar-refractivity contribution in [2.75, 3.05) is 13.2 Å². The summed E-state index contributed by atoms with van der Waals surface area (Å²) < 4.78 is 26.5. The molecule has 0 aliphatic heterocycles. The van der Waals surface area contributed by atoms with Crippen LogP contribution < -0.4 is 18.9 Å². The van der Waals surface area contributed by atoms with Gasteiger partial charge in [0.1, 0.15) is 23.0 Å². The number of carbonyl (C=O) groups excluding carboxylic acids is 4. The maximum absolute atomic E-state index is 12.4. The van der Waals surface area contributed by atoms with Crippen LogP contribution in [0.3, 0.4) is 0 Å². The van der Waals surface area contributed by atoms with Crippen molar-refractivity contribution in [3.63, 3.8) is 0 Å². The second-order valence-corrected chi connectivity index (χ2v) is 9.83. The molecule has 0 amide bonds. The molecule has 0 atom stereocenters. The molecule has 46 heavy (non-hydrogen) atoms. The van der Waals surface area contributed by atoms with Crippen LogP contribution in [0, 0.1) is 6.92 Å². The average Bonchev–Trinajstić information content (AvgIpc) is 3.06. The molecule has 9 heteroatoms. The standard InChI is InChI=1S/C37H36O9/c1-4-34(38)43-25-9-7-6-8-24-42-30-16-10-28(11-17-30)14-22-36(40)45-32-20-21-33(27(3)26-32)46-37(41)23-15-29-12-18-31(19-13-29)44-35(39)5-2/h4-5,10-23,26H,1-2,6-9,24-25H2,3H3/b22-14+,23-15+. The van der Waals surface area contributed by atoms with E-state index in [-0.39, 0.29) is 0 Å². The molecule has 0 saturated carbocycles. The van der Waals surface area contributed by atoms with E-state index in [9.17, 15) is 19.2 Å². The SMILES string of the molecule is C=CC(=O)OCCCCCCOc1ccc(/C=C/C(=O)Oc2ccc(OC(=O)/C=C/c3ccc(OC(=O)C=C)cc3)c(C)c2)cc1. The molecule has 0 aliphatic carbocycles. The molecular weight excluding hydrogens is 588 g/mol. The molecule has 238 valence electrons. The summed E-state index contributed by atoms with van der Waals surface area (Å²) in [5.74, 6) is -0.383. The largest absolute Gasteiger partial charge is 0.494 e. The van der Waals surface area contributed by atoms with Gasteiger partial charge in [0.15, 0.2) is 0 Å². The summed E-state index contributed by atoms with van der Waals surface area (Å²) >= 11 is 0. The number of hydrogen-bond acceptors (Lipinski definition) is 9. The highest BCUT2D eigenvalue weighted by Crippen LogP contribution is 2.24. The van der Waals surface area contributed by atoms with E-state index in [2.05, 4.69) is 13.2 Å². The molecule has 3 aromatic carbocycles. The van der Waals surface area contributed by atoms with Gasteiger partial charge in [-0.05, 0) is 104 Å². The van der Waals surface area contributed by atoms with Crippen LogP contribution in [-0.2, 0) is 23.9 Å². The minimum Gasteiger partial charge on any atom is -0.494 e. The van der Waals surface area contributed by atoms with Crippen molar-refractivity contribution in [1.29, 1.82) is 0 Å². The predicted octanol–water partition coefficient (Wildman–Crippen LogP) is 6.99. The normalized spacial score (nSPS) is 10.7. The number of unbranched alkanes of at least 4 members (excludes halogenated alkanes) is 3. The quantitative estimate of drug-likeness (QED) is 0.0678. The van der Waals surface area contributed by atoms with Gasteiger partial charge < -0.3 is 23.7 Å². The lowest BCUT2D eigenvalue weighted by molar-refractivity contribution is -0.138. The van der Waals surface area contributed by atoms with Gasteiger partial charge in [-0.2, -0.15) is 0 Å². The molecule has 3 rings (SSSR count). The first kappa shape index (κ1) is 34.8. The Balaban J connectivity index is 1.39. The molecule has 0 aliphatic rings. The van der Waals surface area contributed by atoms with Crippen LogP contribution in [0.15, 0.2) is 104 Å². The Morgan fingerprint density at radius 2 is 1.11 bits per heavy atom. The van der Waals surface area contributed by atoms with E-state index in [0.29, 0.717) is 41.6 Å². The Morgan fingerprint density at radius 1 is 0.587 bits per heavy atom. The van der Waals surface area contributed by atoms with Crippen molar-refractivity contribution in [1.82, 2.24) is 0 Å². The highest BCUT2D eigenvalue weighted by Gasteiger charge is 2.08. The first-order valence-electron chi connectivity index (χ1n) is 14.6. The van der Waals surface area contributed by atoms with Crippen LogP contribution in [0.5, 0.6) is 23.0 Å². The van der Waals surface area contributed by atoms with Gasteiger partial charge in [-0.3, -0.25) is 0 Å². The molecule has 0 N–H and O–H groups in total. The van der Waals surface area contributed by atoms with E-state index in [0.717, 1.165) is 49.1 Å². The number of rotatable bonds is 17. The molecule has 0 fully saturated rings. The van der Waals surface area contributed by atoms with Crippen LogP contribution >= 0.6 is 0 Å². The van der Waals surface area contributed by atoms with Crippen LogP contribution in [-0.4, -0.2) is 37.1 Å². The summed E-state index contributed by atoms with van der Waals surface area (Å²) in [5, 5.41) is 0. The van der Waals surface area contributed by atoms with Gasteiger partial charge in [0.2, 0.25) is 0 Å². The van der Waals surface area contributed by atoms with Crippen molar-refractivity contribution in [3.8, 4) is 23.0 Å². The lowest BCUT2D eigenvalue weighted by Gasteiger charge is -2.08. The topological polar surface area (TPSA) is 114 Å². The zero-order valence-electron chi connectivity index (χ0n) is 25.6. The van der Waals surface area contributed by atoms with Gasteiger partial charge in [-0.15, -0.1) is 0 Å². The van der Waals surface area contributed by atoms with Gasteiger partial charge in [0, 0.05) is 24.3 Å². The smallest absolute Gasteiger partial charge is 0.336 e. The number of carbonyl (C=O) groups is 4. The molecule has 0 unspecified atom stereocenters. The number of hydrogen-bond donors (Lipinski definition) is 0. The minimum atomic E-state index is -0.588. The van der Waals surface area contributed by atoms with Crippen LogP contribution in [0.25, 0.3) is 12.2 Å². The lowest BCUT2D eigenvalue weighted by atomic mass is 10.2. The van der Waals surface area contributed by atoms with E-state index in [4.69, 9.17) is 23.7 Å². The van der Waals surface area contributed by atoms with Crippen molar-refractivity contribution in [2.45, 2.75) is 32.6 Å². The first-order chi connectivity index (χ1) is 22.2. The fourth-order valence-electron chi connectivity index (χ4n) is 3.88. The summed E-state index contributed by atoms with van der Waals surface area (Å²) in [6, 6.07) is 18.6. The Hall–Kier alpha value is -5.70. The van der Waals surface area contributed by atoms with E-state index < -0.39 is 23.9 Å². The molecule has 0 saturated heterocycles. The maximum atomic E-state index is 12.4. The Bertz CT molecular complexity index is 1570. The van der Waals surface area contributed by atoms with E-state index in [1.54, 1.807) is 55.5 Å². The summed E-state index contributed by atoms with van der Waals surface area (Å²) in [5.41, 5.74) is 2.11. The summed E-state index contributed by atoms with van der Waals surface area (Å²) in [7, 11) is 0. The third-order valence-electron chi connectivity index (χ3n) is 6.26. The lowest BCUT2D eigenvalue weighted by Crippen LogP contribution is -2.06. The first-order valence-corrected chi connectivity index (χ1v) is 14.6. The fourth-order valence-corrected chi connectivity index (χ4v) is 3.88.